The Labute approximate surface area is 327 Å². The highest BCUT2D eigenvalue weighted by Crippen LogP contribution is 2.43. The van der Waals surface area contributed by atoms with E-state index in [-0.39, 0.29) is 19.4 Å². The Kier molecular flexibility index (Phi) is 36.0. The largest absolute Gasteiger partial charge is 0.480 e. The van der Waals surface area contributed by atoms with Crippen LogP contribution < -0.4 is 5.73 Å². The average Bonchev–Trinajstić information content (AvgIpc) is 3.14. The van der Waals surface area contributed by atoms with E-state index in [0.717, 1.165) is 51.4 Å². The van der Waals surface area contributed by atoms with Crippen molar-refractivity contribution >= 4 is 25.7 Å². The Morgan fingerprint density at radius 2 is 0.981 bits per heavy atom. The molecule has 0 heterocycles. The molecule has 0 spiro atoms. The third kappa shape index (κ3) is 36.7. The minimum absolute atomic E-state index is 0.156. The zero-order chi connectivity index (χ0) is 40.0. The molecule has 0 aromatic heterocycles. The number of phosphoric ester groups is 1. The SMILES string of the molecule is CCCCC/C=C/C/C=C/C/C=C/CCCCC(=O)OC[C@H](COP(=O)(O)OC[C@H](N)C(=O)O)OC(=O)CCCCCCCCCCCCCCCCC. The van der Waals surface area contributed by atoms with E-state index < -0.39 is 51.1 Å². The lowest BCUT2D eigenvalue weighted by atomic mass is 10.0. The Balaban J connectivity index is 4.44. The summed E-state index contributed by atoms with van der Waals surface area (Å²) in [6.45, 7) is 2.73. The summed E-state index contributed by atoms with van der Waals surface area (Å²) in [5.41, 5.74) is 5.32. The number of carbonyl (C=O) groups is 3. The highest BCUT2D eigenvalue weighted by Gasteiger charge is 2.28. The van der Waals surface area contributed by atoms with E-state index in [1.54, 1.807) is 0 Å². The molecule has 1 unspecified atom stereocenters. The summed E-state index contributed by atoms with van der Waals surface area (Å²) in [5, 5.41) is 8.88. The van der Waals surface area contributed by atoms with Gasteiger partial charge in [0.25, 0.3) is 0 Å². The molecule has 0 rings (SSSR count). The van der Waals surface area contributed by atoms with E-state index in [1.807, 2.05) is 0 Å². The fourth-order valence-corrected chi connectivity index (χ4v) is 6.32. The number of carboxylic acid groups (broad SMARTS) is 1. The van der Waals surface area contributed by atoms with Crippen LogP contribution in [0.2, 0.25) is 0 Å². The van der Waals surface area contributed by atoms with E-state index in [0.29, 0.717) is 12.8 Å². The highest BCUT2D eigenvalue weighted by molar-refractivity contribution is 7.47. The summed E-state index contributed by atoms with van der Waals surface area (Å²) in [7, 11) is -4.72. The number of phosphoric acid groups is 1. The molecule has 11 nitrogen and oxygen atoms in total. The first-order valence-corrected chi connectivity index (χ1v) is 22.5. The lowest BCUT2D eigenvalue weighted by Gasteiger charge is -2.20. The second-order valence-corrected chi connectivity index (χ2v) is 15.6. The molecule has 0 aromatic carbocycles. The predicted molar refractivity (Wildman–Crippen MR) is 217 cm³/mol. The van der Waals surface area contributed by atoms with Crippen molar-refractivity contribution in [3.05, 3.63) is 36.5 Å². The van der Waals surface area contributed by atoms with E-state index in [4.69, 9.17) is 24.8 Å². The van der Waals surface area contributed by atoms with Crippen LogP contribution in [-0.4, -0.2) is 59.9 Å². The van der Waals surface area contributed by atoms with Crippen LogP contribution in [-0.2, 0) is 37.5 Å². The maximum Gasteiger partial charge on any atom is 0.472 e. The van der Waals surface area contributed by atoms with Crippen molar-refractivity contribution in [3.8, 4) is 0 Å². The van der Waals surface area contributed by atoms with Gasteiger partial charge in [0.1, 0.15) is 12.6 Å². The number of carboxylic acids is 1. The quantitative estimate of drug-likeness (QED) is 0.0234. The summed E-state index contributed by atoms with van der Waals surface area (Å²) in [6, 6.07) is -1.52. The van der Waals surface area contributed by atoms with Crippen molar-refractivity contribution in [2.75, 3.05) is 19.8 Å². The maximum atomic E-state index is 12.6. The smallest absolute Gasteiger partial charge is 0.472 e. The summed E-state index contributed by atoms with van der Waals surface area (Å²) in [4.78, 5) is 45.9. The Morgan fingerprint density at radius 3 is 1.50 bits per heavy atom. The average molecular weight is 786 g/mol. The monoisotopic (exact) mass is 786 g/mol. The summed E-state index contributed by atoms with van der Waals surface area (Å²) >= 11 is 0. The topological polar surface area (TPSA) is 172 Å². The summed E-state index contributed by atoms with van der Waals surface area (Å²) in [5.74, 6) is -2.42. The molecule has 0 saturated carbocycles. The number of aliphatic carboxylic acids is 1. The van der Waals surface area contributed by atoms with Crippen molar-refractivity contribution < 1.29 is 47.5 Å². The number of hydrogen-bond acceptors (Lipinski definition) is 9. The van der Waals surface area contributed by atoms with Crippen LogP contribution in [0.5, 0.6) is 0 Å². The number of hydrogen-bond donors (Lipinski definition) is 3. The molecule has 3 atom stereocenters. The van der Waals surface area contributed by atoms with Gasteiger partial charge in [-0.25, -0.2) is 4.57 Å². The molecule has 12 heteroatoms. The minimum atomic E-state index is -4.72. The first-order chi connectivity index (χ1) is 26.1. The third-order valence-corrected chi connectivity index (χ3v) is 9.84. The first-order valence-electron chi connectivity index (χ1n) is 21.0. The molecular formula is C42H76NO10P. The Bertz CT molecular complexity index is 1060. The molecule has 0 aliphatic heterocycles. The van der Waals surface area contributed by atoms with E-state index in [2.05, 4.69) is 54.8 Å². The molecule has 0 fully saturated rings. The van der Waals surface area contributed by atoms with Crippen molar-refractivity contribution in [1.82, 2.24) is 0 Å². The number of allylic oxidation sites excluding steroid dienone is 6. The first kappa shape index (κ1) is 51.7. The van der Waals surface area contributed by atoms with Crippen molar-refractivity contribution in [1.29, 1.82) is 0 Å². The predicted octanol–water partition coefficient (Wildman–Crippen LogP) is 10.8. The number of rotatable bonds is 39. The van der Waals surface area contributed by atoms with Gasteiger partial charge in [-0.1, -0.05) is 153 Å². The number of carbonyl (C=O) groups excluding carboxylic acids is 2. The van der Waals surface area contributed by atoms with Crippen LogP contribution in [0.4, 0.5) is 0 Å². The van der Waals surface area contributed by atoms with Gasteiger partial charge in [0.05, 0.1) is 13.2 Å². The van der Waals surface area contributed by atoms with Crippen molar-refractivity contribution in [3.63, 3.8) is 0 Å². The van der Waals surface area contributed by atoms with Gasteiger partial charge in [-0.05, 0) is 51.4 Å². The minimum Gasteiger partial charge on any atom is -0.480 e. The Hall–Kier alpha value is -2.30. The third-order valence-electron chi connectivity index (χ3n) is 8.89. The number of nitrogens with two attached hydrogens (primary N) is 1. The van der Waals surface area contributed by atoms with Gasteiger partial charge in [-0.2, -0.15) is 0 Å². The molecule has 0 aliphatic rings. The van der Waals surface area contributed by atoms with Gasteiger partial charge >= 0.3 is 25.7 Å². The van der Waals surface area contributed by atoms with Crippen molar-refractivity contribution in [2.24, 2.45) is 5.73 Å². The normalized spacial score (nSPS) is 14.1. The van der Waals surface area contributed by atoms with E-state index in [1.165, 1.54) is 89.9 Å². The van der Waals surface area contributed by atoms with Crippen LogP contribution in [0.1, 0.15) is 181 Å². The van der Waals surface area contributed by atoms with Gasteiger partial charge in [0.15, 0.2) is 6.10 Å². The zero-order valence-electron chi connectivity index (χ0n) is 33.8. The van der Waals surface area contributed by atoms with Gasteiger partial charge in [-0.3, -0.25) is 23.4 Å². The molecule has 0 radical (unpaired) electrons. The molecule has 314 valence electrons. The van der Waals surface area contributed by atoms with Crippen LogP contribution >= 0.6 is 7.82 Å². The zero-order valence-corrected chi connectivity index (χ0v) is 34.7. The summed E-state index contributed by atoms with van der Waals surface area (Å²) in [6.07, 6.45) is 39.2. The number of unbranched alkanes of at least 4 members (excludes halogenated alkanes) is 19. The standard InChI is InChI=1S/C42H76NO10P/c1-3-5-7-9-11-13-15-17-19-21-23-25-27-29-31-33-40(44)50-35-38(36-51-54(48,49)52-37-39(43)42(46)47)53-41(45)34-32-30-28-26-24-22-20-18-16-14-12-10-8-6-4-2/h11,13,17,19,23,25,38-39H,3-10,12,14-16,18,20-22,24,26-37,43H2,1-2H3,(H,46,47)(H,48,49)/b13-11+,19-17+,25-23+/t38-,39+/m1/s1. The number of ether oxygens (including phenoxy) is 2. The van der Waals surface area contributed by atoms with Crippen LogP contribution in [0.15, 0.2) is 36.5 Å². The van der Waals surface area contributed by atoms with Crippen molar-refractivity contribution in [2.45, 2.75) is 193 Å². The maximum absolute atomic E-state index is 12.6. The lowest BCUT2D eigenvalue weighted by molar-refractivity contribution is -0.161. The summed E-state index contributed by atoms with van der Waals surface area (Å²) < 4.78 is 32.6. The number of esters is 2. The van der Waals surface area contributed by atoms with E-state index in [9.17, 15) is 23.8 Å². The van der Waals surface area contributed by atoms with Gasteiger partial charge in [0, 0.05) is 12.8 Å². The fraction of sp³-hybridized carbons (Fsp3) is 0.786. The van der Waals surface area contributed by atoms with Crippen LogP contribution in [0.25, 0.3) is 0 Å². The van der Waals surface area contributed by atoms with Gasteiger partial charge in [0.2, 0.25) is 0 Å². The highest BCUT2D eigenvalue weighted by atomic mass is 31.2. The second kappa shape index (κ2) is 37.6. The fourth-order valence-electron chi connectivity index (χ4n) is 5.54. The molecule has 0 amide bonds. The Morgan fingerprint density at radius 1 is 0.574 bits per heavy atom. The molecule has 4 N–H and O–H groups in total. The lowest BCUT2D eigenvalue weighted by Crippen LogP contribution is -2.34. The van der Waals surface area contributed by atoms with Crippen LogP contribution in [0, 0.1) is 0 Å². The van der Waals surface area contributed by atoms with Gasteiger partial charge < -0.3 is 25.2 Å². The molecule has 0 saturated heterocycles. The molecule has 0 aliphatic carbocycles. The molecule has 0 bridgehead atoms. The molecular weight excluding hydrogens is 709 g/mol. The molecule has 54 heavy (non-hydrogen) atoms. The van der Waals surface area contributed by atoms with Gasteiger partial charge in [-0.15, -0.1) is 0 Å². The van der Waals surface area contributed by atoms with E-state index >= 15 is 0 Å². The molecule has 0 aromatic rings. The van der Waals surface area contributed by atoms with Crippen LogP contribution in [0.3, 0.4) is 0 Å². The second-order valence-electron chi connectivity index (χ2n) is 14.1.